The molecule has 3 N–H and O–H groups in total. The molecule has 5 nitrogen and oxygen atoms in total. The first-order chi connectivity index (χ1) is 9.14. The van der Waals surface area contributed by atoms with Gasteiger partial charge in [-0.1, -0.05) is 20.8 Å². The molecule has 5 heteroatoms. The molecular formula is C15H28N2O3. The van der Waals surface area contributed by atoms with E-state index in [-0.39, 0.29) is 17.9 Å². The SMILES string of the molecule is CC(C)(C)CC(CNC(=O)C1(C)CCCCN1)C(=O)O. The lowest BCUT2D eigenvalue weighted by molar-refractivity contribution is -0.143. The van der Waals surface area contributed by atoms with Crippen LogP contribution in [0.1, 0.15) is 53.4 Å². The quantitative estimate of drug-likeness (QED) is 0.719. The third kappa shape index (κ3) is 5.12. The van der Waals surface area contributed by atoms with Crippen molar-refractivity contribution in [2.45, 2.75) is 58.9 Å². The second kappa shape index (κ2) is 6.57. The number of amides is 1. The number of hydrogen-bond donors (Lipinski definition) is 3. The molecule has 0 aromatic heterocycles. The highest BCUT2D eigenvalue weighted by molar-refractivity contribution is 5.86. The summed E-state index contributed by atoms with van der Waals surface area (Å²) in [5.74, 6) is -1.47. The van der Waals surface area contributed by atoms with Crippen LogP contribution in [0.5, 0.6) is 0 Å². The smallest absolute Gasteiger partial charge is 0.308 e. The third-order valence-electron chi connectivity index (χ3n) is 3.84. The van der Waals surface area contributed by atoms with Crippen molar-refractivity contribution >= 4 is 11.9 Å². The minimum Gasteiger partial charge on any atom is -0.481 e. The van der Waals surface area contributed by atoms with Crippen LogP contribution < -0.4 is 10.6 Å². The summed E-state index contributed by atoms with van der Waals surface area (Å²) >= 11 is 0. The summed E-state index contributed by atoms with van der Waals surface area (Å²) in [6.07, 6.45) is 3.47. The normalized spacial score (nSPS) is 25.0. The van der Waals surface area contributed by atoms with Gasteiger partial charge in [-0.2, -0.15) is 0 Å². The second-order valence-corrected chi connectivity index (χ2v) is 7.23. The van der Waals surface area contributed by atoms with Gasteiger partial charge in [0.1, 0.15) is 0 Å². The van der Waals surface area contributed by atoms with Crippen LogP contribution in [0.4, 0.5) is 0 Å². The molecule has 0 saturated carbocycles. The molecule has 0 radical (unpaired) electrons. The van der Waals surface area contributed by atoms with Crippen LogP contribution in [0.25, 0.3) is 0 Å². The van der Waals surface area contributed by atoms with Crippen LogP contribution in [-0.4, -0.2) is 35.6 Å². The summed E-state index contributed by atoms with van der Waals surface area (Å²) < 4.78 is 0. The van der Waals surface area contributed by atoms with Crippen molar-refractivity contribution in [1.82, 2.24) is 10.6 Å². The predicted molar refractivity (Wildman–Crippen MR) is 78.5 cm³/mol. The number of carboxylic acids is 1. The molecule has 116 valence electrons. The highest BCUT2D eigenvalue weighted by Crippen LogP contribution is 2.25. The summed E-state index contributed by atoms with van der Waals surface area (Å²) in [6, 6.07) is 0. The third-order valence-corrected chi connectivity index (χ3v) is 3.84. The number of nitrogens with one attached hydrogen (secondary N) is 2. The molecule has 0 bridgehead atoms. The van der Waals surface area contributed by atoms with E-state index in [2.05, 4.69) is 10.6 Å². The zero-order valence-electron chi connectivity index (χ0n) is 13.1. The van der Waals surface area contributed by atoms with Gasteiger partial charge in [-0.3, -0.25) is 9.59 Å². The van der Waals surface area contributed by atoms with E-state index in [1.807, 2.05) is 27.7 Å². The molecule has 2 atom stereocenters. The highest BCUT2D eigenvalue weighted by atomic mass is 16.4. The van der Waals surface area contributed by atoms with Crippen molar-refractivity contribution < 1.29 is 14.7 Å². The predicted octanol–water partition coefficient (Wildman–Crippen LogP) is 1.77. The molecule has 20 heavy (non-hydrogen) atoms. The molecule has 1 heterocycles. The Hall–Kier alpha value is -1.10. The Balaban J connectivity index is 2.54. The van der Waals surface area contributed by atoms with E-state index in [9.17, 15) is 14.7 Å². The molecule has 1 amide bonds. The largest absolute Gasteiger partial charge is 0.481 e. The van der Waals surface area contributed by atoms with Gasteiger partial charge in [0.2, 0.25) is 5.91 Å². The Morgan fingerprint density at radius 3 is 2.45 bits per heavy atom. The maximum atomic E-state index is 12.2. The number of piperidine rings is 1. The van der Waals surface area contributed by atoms with Crippen molar-refractivity contribution in [3.63, 3.8) is 0 Å². The number of rotatable bonds is 5. The summed E-state index contributed by atoms with van der Waals surface area (Å²) in [4.78, 5) is 23.5. The van der Waals surface area contributed by atoms with E-state index < -0.39 is 17.4 Å². The van der Waals surface area contributed by atoms with Crippen LogP contribution in [0.3, 0.4) is 0 Å². The van der Waals surface area contributed by atoms with Gasteiger partial charge in [0.25, 0.3) is 0 Å². The van der Waals surface area contributed by atoms with E-state index in [0.29, 0.717) is 6.42 Å². The minimum atomic E-state index is -0.845. The van der Waals surface area contributed by atoms with Gasteiger partial charge in [-0.25, -0.2) is 0 Å². The summed E-state index contributed by atoms with van der Waals surface area (Å²) in [5.41, 5.74) is -0.621. The Labute approximate surface area is 121 Å². The topological polar surface area (TPSA) is 78.4 Å². The standard InChI is InChI=1S/C15H28N2O3/c1-14(2,3)9-11(12(18)19)10-16-13(20)15(4)7-5-6-8-17-15/h11,17H,5-10H2,1-4H3,(H,16,20)(H,18,19). The van der Waals surface area contributed by atoms with Crippen LogP contribution >= 0.6 is 0 Å². The van der Waals surface area contributed by atoms with Gasteiger partial charge in [0.05, 0.1) is 11.5 Å². The molecule has 1 aliphatic rings. The van der Waals surface area contributed by atoms with Crippen molar-refractivity contribution in [3.05, 3.63) is 0 Å². The maximum absolute atomic E-state index is 12.2. The maximum Gasteiger partial charge on any atom is 0.308 e. The Morgan fingerprint density at radius 2 is 2.00 bits per heavy atom. The molecule has 0 aromatic rings. The molecule has 1 saturated heterocycles. The number of carboxylic acid groups (broad SMARTS) is 1. The summed E-state index contributed by atoms with van der Waals surface area (Å²) in [7, 11) is 0. The molecule has 0 aromatic carbocycles. The van der Waals surface area contributed by atoms with Gasteiger partial charge < -0.3 is 15.7 Å². The van der Waals surface area contributed by atoms with E-state index in [1.165, 1.54) is 0 Å². The van der Waals surface area contributed by atoms with Crippen molar-refractivity contribution in [3.8, 4) is 0 Å². The fourth-order valence-electron chi connectivity index (χ4n) is 2.65. The number of carbonyl (C=O) groups is 2. The zero-order valence-corrected chi connectivity index (χ0v) is 13.1. The number of hydrogen-bond acceptors (Lipinski definition) is 3. The first-order valence-corrected chi connectivity index (χ1v) is 7.40. The van der Waals surface area contributed by atoms with E-state index in [4.69, 9.17) is 0 Å². The van der Waals surface area contributed by atoms with E-state index in [0.717, 1.165) is 25.8 Å². The fourth-order valence-corrected chi connectivity index (χ4v) is 2.65. The lowest BCUT2D eigenvalue weighted by atomic mass is 9.84. The average molecular weight is 284 g/mol. The van der Waals surface area contributed by atoms with Gasteiger partial charge in [0, 0.05) is 6.54 Å². The van der Waals surface area contributed by atoms with Crippen LogP contribution in [0, 0.1) is 11.3 Å². The molecule has 2 unspecified atom stereocenters. The molecule has 1 aliphatic heterocycles. The number of aliphatic carboxylic acids is 1. The van der Waals surface area contributed by atoms with Crippen molar-refractivity contribution in [2.75, 3.05) is 13.1 Å². The fraction of sp³-hybridized carbons (Fsp3) is 0.867. The average Bonchev–Trinajstić information content (AvgIpc) is 2.33. The van der Waals surface area contributed by atoms with E-state index in [1.54, 1.807) is 0 Å². The molecular weight excluding hydrogens is 256 g/mol. The lowest BCUT2D eigenvalue weighted by Gasteiger charge is -2.34. The second-order valence-electron chi connectivity index (χ2n) is 7.23. The number of carbonyl (C=O) groups excluding carboxylic acids is 1. The van der Waals surface area contributed by atoms with Crippen LogP contribution in [0.15, 0.2) is 0 Å². The Morgan fingerprint density at radius 1 is 1.35 bits per heavy atom. The van der Waals surface area contributed by atoms with Gasteiger partial charge in [0.15, 0.2) is 0 Å². The molecule has 1 rings (SSSR count). The summed E-state index contributed by atoms with van der Waals surface area (Å²) in [5, 5.41) is 15.3. The zero-order chi connectivity index (χ0) is 15.4. The van der Waals surface area contributed by atoms with Gasteiger partial charge in [-0.05, 0) is 44.6 Å². The van der Waals surface area contributed by atoms with Gasteiger partial charge >= 0.3 is 5.97 Å². The first-order valence-electron chi connectivity index (χ1n) is 7.40. The first kappa shape index (κ1) is 17.0. The highest BCUT2D eigenvalue weighted by Gasteiger charge is 2.35. The Bertz CT molecular complexity index is 355. The van der Waals surface area contributed by atoms with Crippen molar-refractivity contribution in [2.24, 2.45) is 11.3 Å². The van der Waals surface area contributed by atoms with E-state index >= 15 is 0 Å². The lowest BCUT2D eigenvalue weighted by Crippen LogP contribution is -2.57. The molecule has 1 fully saturated rings. The minimum absolute atomic E-state index is 0.0687. The van der Waals surface area contributed by atoms with Crippen molar-refractivity contribution in [1.29, 1.82) is 0 Å². The van der Waals surface area contributed by atoms with Crippen LogP contribution in [-0.2, 0) is 9.59 Å². The molecule has 0 aliphatic carbocycles. The van der Waals surface area contributed by atoms with Crippen LogP contribution in [0.2, 0.25) is 0 Å². The Kier molecular flexibility index (Phi) is 5.57. The summed E-state index contributed by atoms with van der Waals surface area (Å²) in [6.45, 7) is 8.95. The van der Waals surface area contributed by atoms with Gasteiger partial charge in [-0.15, -0.1) is 0 Å². The molecule has 0 spiro atoms. The monoisotopic (exact) mass is 284 g/mol.